The zero-order valence-electron chi connectivity index (χ0n) is 9.44. The maximum Gasteiger partial charge on any atom is 0.119 e. The Kier molecular flexibility index (Phi) is 4.91. The molecule has 2 N–H and O–H groups in total. The van der Waals surface area contributed by atoms with Crippen molar-refractivity contribution < 1.29 is 4.74 Å². The molecule has 0 bridgehead atoms. The van der Waals surface area contributed by atoms with Gasteiger partial charge in [0, 0.05) is 6.04 Å². The topological polar surface area (TPSA) is 35.2 Å². The summed E-state index contributed by atoms with van der Waals surface area (Å²) in [6, 6.07) is 8.12. The molecule has 0 amide bonds. The van der Waals surface area contributed by atoms with Gasteiger partial charge in [0.25, 0.3) is 0 Å². The van der Waals surface area contributed by atoms with Gasteiger partial charge in [-0.2, -0.15) is 0 Å². The molecule has 0 aliphatic rings. The van der Waals surface area contributed by atoms with E-state index >= 15 is 0 Å². The van der Waals surface area contributed by atoms with E-state index < -0.39 is 0 Å². The van der Waals surface area contributed by atoms with Crippen molar-refractivity contribution in [3.05, 3.63) is 42.0 Å². The van der Waals surface area contributed by atoms with Gasteiger partial charge in [-0.05, 0) is 31.0 Å². The molecule has 15 heavy (non-hydrogen) atoms. The second kappa shape index (κ2) is 6.25. The lowest BCUT2D eigenvalue weighted by atomic mass is 10.1. The summed E-state index contributed by atoms with van der Waals surface area (Å²) in [5.41, 5.74) is 7.08. The molecule has 0 fully saturated rings. The van der Waals surface area contributed by atoms with E-state index in [0.717, 1.165) is 17.7 Å². The number of benzene rings is 1. The van der Waals surface area contributed by atoms with E-state index in [1.165, 1.54) is 0 Å². The fraction of sp³-hybridized carbons (Fsp3) is 0.385. The molecule has 2 heteroatoms. The van der Waals surface area contributed by atoms with Crippen molar-refractivity contribution in [1.82, 2.24) is 0 Å². The van der Waals surface area contributed by atoms with Crippen LogP contribution in [0.15, 0.2) is 36.4 Å². The van der Waals surface area contributed by atoms with Gasteiger partial charge in [0.05, 0.1) is 0 Å². The molecule has 0 radical (unpaired) electrons. The van der Waals surface area contributed by atoms with E-state index in [1.807, 2.05) is 43.3 Å². The fourth-order valence-electron chi connectivity index (χ4n) is 1.29. The molecule has 0 saturated heterocycles. The van der Waals surface area contributed by atoms with Gasteiger partial charge < -0.3 is 10.5 Å². The molecule has 2 nitrogen and oxygen atoms in total. The van der Waals surface area contributed by atoms with E-state index in [-0.39, 0.29) is 6.04 Å². The summed E-state index contributed by atoms with van der Waals surface area (Å²) in [5, 5.41) is 0. The van der Waals surface area contributed by atoms with Crippen molar-refractivity contribution in [2.45, 2.75) is 26.3 Å². The summed E-state index contributed by atoms with van der Waals surface area (Å²) in [7, 11) is 0. The zero-order chi connectivity index (χ0) is 11.1. The third-order valence-corrected chi connectivity index (χ3v) is 2.33. The zero-order valence-corrected chi connectivity index (χ0v) is 9.44. The molecule has 0 saturated carbocycles. The molecular formula is C13H19NO. The van der Waals surface area contributed by atoms with Gasteiger partial charge in [0.1, 0.15) is 12.4 Å². The van der Waals surface area contributed by atoms with Crippen LogP contribution in [0.2, 0.25) is 0 Å². The Morgan fingerprint density at radius 1 is 1.33 bits per heavy atom. The predicted molar refractivity (Wildman–Crippen MR) is 64.0 cm³/mol. The molecular weight excluding hydrogens is 186 g/mol. The average Bonchev–Trinajstić information content (AvgIpc) is 2.29. The van der Waals surface area contributed by atoms with Crippen LogP contribution in [-0.2, 0) is 0 Å². The highest BCUT2D eigenvalue weighted by Crippen LogP contribution is 2.18. The predicted octanol–water partition coefficient (Wildman–Crippen LogP) is 3.05. The van der Waals surface area contributed by atoms with Gasteiger partial charge in [-0.3, -0.25) is 0 Å². The first-order valence-corrected chi connectivity index (χ1v) is 5.37. The summed E-state index contributed by atoms with van der Waals surface area (Å²) in [4.78, 5) is 0. The van der Waals surface area contributed by atoms with Crippen LogP contribution in [0.25, 0.3) is 0 Å². The minimum Gasteiger partial charge on any atom is -0.490 e. The lowest BCUT2D eigenvalue weighted by Crippen LogP contribution is -2.08. The van der Waals surface area contributed by atoms with Crippen molar-refractivity contribution in [3.63, 3.8) is 0 Å². The Bertz CT molecular complexity index is 303. The molecule has 1 aromatic carbocycles. The van der Waals surface area contributed by atoms with Gasteiger partial charge in [-0.15, -0.1) is 0 Å². The van der Waals surface area contributed by atoms with Crippen LogP contribution >= 0.6 is 0 Å². The monoisotopic (exact) mass is 205 g/mol. The van der Waals surface area contributed by atoms with Gasteiger partial charge in [-0.1, -0.05) is 31.2 Å². The maximum absolute atomic E-state index is 5.91. The van der Waals surface area contributed by atoms with Crippen molar-refractivity contribution in [3.8, 4) is 5.75 Å². The Morgan fingerprint density at radius 2 is 2.00 bits per heavy atom. The van der Waals surface area contributed by atoms with E-state index in [4.69, 9.17) is 10.5 Å². The van der Waals surface area contributed by atoms with E-state index in [9.17, 15) is 0 Å². The molecule has 0 heterocycles. The van der Waals surface area contributed by atoms with Gasteiger partial charge in [0.2, 0.25) is 0 Å². The summed E-state index contributed by atoms with van der Waals surface area (Å²) in [5.74, 6) is 0.889. The molecule has 1 atom stereocenters. The van der Waals surface area contributed by atoms with Crippen LogP contribution in [-0.4, -0.2) is 6.61 Å². The van der Waals surface area contributed by atoms with Crippen molar-refractivity contribution >= 4 is 0 Å². The van der Waals surface area contributed by atoms with Crippen LogP contribution in [0, 0.1) is 0 Å². The number of allylic oxidation sites excluding steroid dienone is 1. The lowest BCUT2D eigenvalue weighted by molar-refractivity contribution is 0.362. The van der Waals surface area contributed by atoms with Crippen LogP contribution in [0.5, 0.6) is 5.75 Å². The first-order chi connectivity index (χ1) is 7.27. The number of hydrogen-bond acceptors (Lipinski definition) is 2. The number of ether oxygens (including phenoxy) is 1. The van der Waals surface area contributed by atoms with Crippen molar-refractivity contribution in [2.24, 2.45) is 5.73 Å². The van der Waals surface area contributed by atoms with Crippen molar-refractivity contribution in [1.29, 1.82) is 0 Å². The highest BCUT2D eigenvalue weighted by molar-refractivity contribution is 5.29. The Labute approximate surface area is 91.7 Å². The second-order valence-corrected chi connectivity index (χ2v) is 3.46. The first-order valence-electron chi connectivity index (χ1n) is 5.37. The molecule has 0 aliphatic heterocycles. The van der Waals surface area contributed by atoms with Crippen LogP contribution in [0.1, 0.15) is 31.9 Å². The van der Waals surface area contributed by atoms with E-state index in [0.29, 0.717) is 6.61 Å². The summed E-state index contributed by atoms with van der Waals surface area (Å²) >= 11 is 0. The maximum atomic E-state index is 5.91. The molecule has 82 valence electrons. The third-order valence-electron chi connectivity index (χ3n) is 2.33. The number of nitrogens with two attached hydrogens (primary N) is 1. The molecule has 0 aliphatic carbocycles. The quantitative estimate of drug-likeness (QED) is 0.750. The van der Waals surface area contributed by atoms with Crippen LogP contribution < -0.4 is 10.5 Å². The van der Waals surface area contributed by atoms with Crippen LogP contribution in [0.4, 0.5) is 0 Å². The van der Waals surface area contributed by atoms with Gasteiger partial charge in [0.15, 0.2) is 0 Å². The first kappa shape index (κ1) is 11.8. The number of hydrogen-bond donors (Lipinski definition) is 1. The summed E-state index contributed by atoms with van der Waals surface area (Å²) < 4.78 is 5.49. The molecule has 0 spiro atoms. The third kappa shape index (κ3) is 3.76. The average molecular weight is 205 g/mol. The highest BCUT2D eigenvalue weighted by Gasteiger charge is 2.02. The fourth-order valence-corrected chi connectivity index (χ4v) is 1.29. The summed E-state index contributed by atoms with van der Waals surface area (Å²) in [6.07, 6.45) is 4.91. The van der Waals surface area contributed by atoms with Gasteiger partial charge in [-0.25, -0.2) is 0 Å². The van der Waals surface area contributed by atoms with E-state index in [1.54, 1.807) is 0 Å². The largest absolute Gasteiger partial charge is 0.490 e. The minimum atomic E-state index is 0.134. The summed E-state index contributed by atoms with van der Waals surface area (Å²) in [6.45, 7) is 4.68. The van der Waals surface area contributed by atoms with Gasteiger partial charge >= 0.3 is 0 Å². The Balaban J connectivity index is 2.56. The lowest BCUT2D eigenvalue weighted by Gasteiger charge is -2.10. The molecule has 0 unspecified atom stereocenters. The standard InChI is InChI=1S/C13H19NO/c1-3-5-10-15-12-8-6-11(7-9-12)13(14)4-2/h3,5-9,13H,4,10,14H2,1-2H3/t13-/m1/s1. The highest BCUT2D eigenvalue weighted by atomic mass is 16.5. The second-order valence-electron chi connectivity index (χ2n) is 3.46. The minimum absolute atomic E-state index is 0.134. The van der Waals surface area contributed by atoms with Crippen molar-refractivity contribution in [2.75, 3.05) is 6.61 Å². The molecule has 1 rings (SSSR count). The smallest absolute Gasteiger partial charge is 0.119 e. The SMILES string of the molecule is CC=CCOc1ccc([C@H](N)CC)cc1. The molecule has 0 aromatic heterocycles. The molecule has 1 aromatic rings. The normalized spacial score (nSPS) is 13.0. The Hall–Kier alpha value is -1.28. The Morgan fingerprint density at radius 3 is 2.53 bits per heavy atom. The number of rotatable bonds is 5. The van der Waals surface area contributed by atoms with Crippen LogP contribution in [0.3, 0.4) is 0 Å². The van der Waals surface area contributed by atoms with E-state index in [2.05, 4.69) is 6.92 Å².